The van der Waals surface area contributed by atoms with Crippen molar-refractivity contribution in [3.8, 4) is 0 Å². The highest BCUT2D eigenvalue weighted by Gasteiger charge is 2.25. The summed E-state index contributed by atoms with van der Waals surface area (Å²) < 4.78 is 1.99. The molecule has 9 heteroatoms. The van der Waals surface area contributed by atoms with Crippen LogP contribution in [0.4, 0.5) is 5.13 Å². The van der Waals surface area contributed by atoms with Crippen molar-refractivity contribution in [2.75, 3.05) is 31.1 Å². The van der Waals surface area contributed by atoms with Gasteiger partial charge in [-0.25, -0.2) is 4.98 Å². The molecule has 0 saturated heterocycles. The lowest BCUT2D eigenvalue weighted by molar-refractivity contribution is 0.0984. The van der Waals surface area contributed by atoms with Crippen LogP contribution in [0.1, 0.15) is 29.8 Å². The van der Waals surface area contributed by atoms with Crippen LogP contribution in [0.25, 0.3) is 10.2 Å². The first kappa shape index (κ1) is 23.4. The molecule has 0 bridgehead atoms. The van der Waals surface area contributed by atoms with Crippen LogP contribution in [0.15, 0.2) is 24.3 Å². The van der Waals surface area contributed by atoms with E-state index in [4.69, 9.17) is 28.2 Å². The number of hydrogen-bond acceptors (Lipinski definition) is 5. The third-order valence-electron chi connectivity index (χ3n) is 4.43. The van der Waals surface area contributed by atoms with Gasteiger partial charge in [-0.1, -0.05) is 54.5 Å². The summed E-state index contributed by atoms with van der Waals surface area (Å²) in [7, 11) is 0. The van der Waals surface area contributed by atoms with Crippen LogP contribution in [0, 0.1) is 6.92 Å². The second-order valence-electron chi connectivity index (χ2n) is 6.19. The smallest absolute Gasteiger partial charge is 0.262 e. The van der Waals surface area contributed by atoms with Gasteiger partial charge in [0.15, 0.2) is 5.13 Å². The molecule has 0 aliphatic rings. The summed E-state index contributed by atoms with van der Waals surface area (Å²) in [6.45, 7) is 9.46. The molecule has 4 nitrogen and oxygen atoms in total. The number of thiazole rings is 1. The van der Waals surface area contributed by atoms with Crippen molar-refractivity contribution in [3.63, 3.8) is 0 Å². The van der Waals surface area contributed by atoms with Crippen molar-refractivity contribution in [2.24, 2.45) is 0 Å². The lowest BCUT2D eigenvalue weighted by atomic mass is 10.2. The second kappa shape index (κ2) is 10.2. The Morgan fingerprint density at radius 1 is 1.11 bits per heavy atom. The van der Waals surface area contributed by atoms with Crippen LogP contribution < -0.4 is 4.90 Å². The molecule has 3 rings (SSSR count). The van der Waals surface area contributed by atoms with E-state index in [1.54, 1.807) is 11.0 Å². The Morgan fingerprint density at radius 2 is 1.82 bits per heavy atom. The van der Waals surface area contributed by atoms with E-state index in [1.165, 1.54) is 28.2 Å². The van der Waals surface area contributed by atoms with Gasteiger partial charge in [-0.3, -0.25) is 9.69 Å². The van der Waals surface area contributed by atoms with Crippen molar-refractivity contribution in [1.29, 1.82) is 0 Å². The van der Waals surface area contributed by atoms with Gasteiger partial charge in [-0.15, -0.1) is 23.7 Å². The van der Waals surface area contributed by atoms with Gasteiger partial charge in [0.1, 0.15) is 4.34 Å². The van der Waals surface area contributed by atoms with Crippen molar-refractivity contribution >= 4 is 79.5 Å². The Balaban J connectivity index is 0.00000280. The van der Waals surface area contributed by atoms with E-state index in [-0.39, 0.29) is 18.3 Å². The SMILES string of the molecule is CCN(CC)CCN(C(=O)c1cc(Cl)sc1Cl)c1nc2ccc(C)cc2s1.Cl. The van der Waals surface area contributed by atoms with Gasteiger partial charge in [0.25, 0.3) is 5.91 Å². The number of aryl methyl sites for hydroxylation is 1. The maximum atomic E-state index is 13.3. The minimum atomic E-state index is -0.161. The van der Waals surface area contributed by atoms with Crippen LogP contribution in [-0.4, -0.2) is 42.0 Å². The molecule has 2 aromatic heterocycles. The van der Waals surface area contributed by atoms with Gasteiger partial charge in [0, 0.05) is 13.1 Å². The number of hydrogen-bond donors (Lipinski definition) is 0. The van der Waals surface area contributed by atoms with E-state index >= 15 is 0 Å². The van der Waals surface area contributed by atoms with Crippen molar-refractivity contribution in [1.82, 2.24) is 9.88 Å². The number of nitrogens with zero attached hydrogens (tertiary/aromatic N) is 3. The number of fused-ring (bicyclic) bond motifs is 1. The standard InChI is InChI=1S/C19H21Cl2N3OS2.ClH/c1-4-23(5-2)8-9-24(18(25)13-11-16(20)27-17(13)21)19-22-14-7-6-12(3)10-15(14)26-19;/h6-7,10-11H,4-5,8-9H2,1-3H3;1H. The summed E-state index contributed by atoms with van der Waals surface area (Å²) in [6.07, 6.45) is 0. The molecule has 0 atom stereocenters. The summed E-state index contributed by atoms with van der Waals surface area (Å²) in [6, 6.07) is 7.76. The van der Waals surface area contributed by atoms with Crippen molar-refractivity contribution in [2.45, 2.75) is 20.8 Å². The summed E-state index contributed by atoms with van der Waals surface area (Å²) in [5.74, 6) is -0.161. The molecule has 0 aliphatic carbocycles. The minimum absolute atomic E-state index is 0. The molecule has 28 heavy (non-hydrogen) atoms. The lowest BCUT2D eigenvalue weighted by Crippen LogP contribution is -2.38. The van der Waals surface area contributed by atoms with Gasteiger partial charge >= 0.3 is 0 Å². The van der Waals surface area contributed by atoms with E-state index in [0.29, 0.717) is 25.9 Å². The van der Waals surface area contributed by atoms with E-state index in [9.17, 15) is 4.79 Å². The van der Waals surface area contributed by atoms with E-state index in [0.717, 1.165) is 29.9 Å². The Morgan fingerprint density at radius 3 is 2.43 bits per heavy atom. The van der Waals surface area contributed by atoms with Crippen LogP contribution in [-0.2, 0) is 0 Å². The molecular formula is C19H22Cl3N3OS2. The van der Waals surface area contributed by atoms with Gasteiger partial charge in [-0.05, 0) is 43.8 Å². The monoisotopic (exact) mass is 477 g/mol. The predicted molar refractivity (Wildman–Crippen MR) is 125 cm³/mol. The Hall–Kier alpha value is -0.890. The number of anilines is 1. The topological polar surface area (TPSA) is 36.4 Å². The highest BCUT2D eigenvalue weighted by molar-refractivity contribution is 7.22. The Bertz CT molecular complexity index is 953. The molecule has 0 aliphatic heterocycles. The molecule has 0 radical (unpaired) electrons. The van der Waals surface area contributed by atoms with E-state index in [2.05, 4.69) is 31.7 Å². The first-order valence-electron chi connectivity index (χ1n) is 8.79. The number of amides is 1. The number of aromatic nitrogens is 1. The first-order chi connectivity index (χ1) is 12.9. The minimum Gasteiger partial charge on any atom is -0.302 e. The Kier molecular flexibility index (Phi) is 8.55. The number of carbonyl (C=O) groups is 1. The normalized spacial score (nSPS) is 11.1. The summed E-state index contributed by atoms with van der Waals surface area (Å²) >= 11 is 15.0. The fourth-order valence-corrected chi connectivity index (χ4v) is 5.37. The van der Waals surface area contributed by atoms with Crippen LogP contribution in [0.5, 0.6) is 0 Å². The average molecular weight is 479 g/mol. The summed E-state index contributed by atoms with van der Waals surface area (Å²) in [5, 5.41) is 0.686. The number of carbonyl (C=O) groups excluding carboxylic acids is 1. The molecule has 1 amide bonds. The average Bonchev–Trinajstić information content (AvgIpc) is 3.20. The highest BCUT2D eigenvalue weighted by atomic mass is 35.5. The third-order valence-corrected chi connectivity index (χ3v) is 6.96. The largest absolute Gasteiger partial charge is 0.302 e. The fraction of sp³-hybridized carbons (Fsp3) is 0.368. The van der Waals surface area contributed by atoms with Gasteiger partial charge in [0.2, 0.25) is 0 Å². The van der Waals surface area contributed by atoms with Crippen LogP contribution in [0.2, 0.25) is 8.67 Å². The van der Waals surface area contributed by atoms with Gasteiger partial charge < -0.3 is 4.90 Å². The van der Waals surface area contributed by atoms with Crippen molar-refractivity contribution < 1.29 is 4.79 Å². The molecule has 1 aromatic carbocycles. The number of likely N-dealkylation sites (N-methyl/N-ethyl adjacent to an activating group) is 1. The second-order valence-corrected chi connectivity index (χ2v) is 9.48. The number of rotatable bonds is 7. The molecule has 0 unspecified atom stereocenters. The number of halogens is 3. The molecule has 0 saturated carbocycles. The maximum Gasteiger partial charge on any atom is 0.262 e. The zero-order valence-electron chi connectivity index (χ0n) is 15.9. The predicted octanol–water partition coefficient (Wildman–Crippen LogP) is 6.38. The number of benzene rings is 1. The molecule has 0 spiro atoms. The molecule has 3 aromatic rings. The zero-order chi connectivity index (χ0) is 19.6. The van der Waals surface area contributed by atoms with E-state index in [1.807, 2.05) is 12.1 Å². The molecule has 0 fully saturated rings. The molecular weight excluding hydrogens is 457 g/mol. The van der Waals surface area contributed by atoms with Gasteiger partial charge in [0.05, 0.1) is 20.1 Å². The molecule has 2 heterocycles. The van der Waals surface area contributed by atoms with Gasteiger partial charge in [-0.2, -0.15) is 0 Å². The van der Waals surface area contributed by atoms with E-state index < -0.39 is 0 Å². The quantitative estimate of drug-likeness (QED) is 0.395. The van der Waals surface area contributed by atoms with Crippen LogP contribution in [0.3, 0.4) is 0 Å². The summed E-state index contributed by atoms with van der Waals surface area (Å²) in [5.41, 5.74) is 2.50. The number of thiophene rings is 1. The lowest BCUT2D eigenvalue weighted by Gasteiger charge is -2.24. The maximum absolute atomic E-state index is 13.3. The fourth-order valence-electron chi connectivity index (χ4n) is 2.83. The van der Waals surface area contributed by atoms with Crippen molar-refractivity contribution in [3.05, 3.63) is 44.1 Å². The molecule has 152 valence electrons. The Labute approximate surface area is 189 Å². The first-order valence-corrected chi connectivity index (χ1v) is 11.2. The van der Waals surface area contributed by atoms with Crippen LogP contribution >= 0.6 is 58.3 Å². The third kappa shape index (κ3) is 5.17. The summed E-state index contributed by atoms with van der Waals surface area (Å²) in [4.78, 5) is 22.0. The molecule has 0 N–H and O–H groups in total. The highest BCUT2D eigenvalue weighted by Crippen LogP contribution is 2.35. The zero-order valence-corrected chi connectivity index (χ0v) is 19.8.